The number of rotatable bonds is 5. The molecule has 2 aromatic carbocycles. The van der Waals surface area contributed by atoms with Crippen LogP contribution < -0.4 is 11.5 Å². The Balaban J connectivity index is 2.15. The maximum atomic E-state index is 12.2. The van der Waals surface area contributed by atoms with Crippen LogP contribution >= 0.6 is 0 Å². The van der Waals surface area contributed by atoms with E-state index in [0.29, 0.717) is 5.56 Å². The number of fused-ring (bicyclic) bond motifs is 3. The largest absolute Gasteiger partial charge is 0.382 e. The van der Waals surface area contributed by atoms with Crippen molar-refractivity contribution in [2.75, 3.05) is 7.11 Å². The Morgan fingerprint density at radius 1 is 1.16 bits per heavy atom. The number of nitrogens with two attached hydrogens (primary N) is 2. The molecule has 4 N–H and O–H groups in total. The highest BCUT2D eigenvalue weighted by atomic mass is 16.5. The van der Waals surface area contributed by atoms with E-state index in [0.717, 1.165) is 34.8 Å². The van der Waals surface area contributed by atoms with Crippen LogP contribution in [0, 0.1) is 0 Å². The fourth-order valence-electron chi connectivity index (χ4n) is 3.03. The minimum atomic E-state index is -0.441. The average Bonchev–Trinajstić information content (AvgIpc) is 2.92. The van der Waals surface area contributed by atoms with Crippen LogP contribution in [0.3, 0.4) is 0 Å². The second kappa shape index (κ2) is 6.94. The highest BCUT2D eigenvalue weighted by Crippen LogP contribution is 2.30. The SMILES string of the molecule is COC(C)CCn1c2ccccc2c2ccc(C(=O)N=C(N)N)cc21. The van der Waals surface area contributed by atoms with Crippen molar-refractivity contribution in [2.45, 2.75) is 26.0 Å². The molecule has 25 heavy (non-hydrogen) atoms. The van der Waals surface area contributed by atoms with E-state index >= 15 is 0 Å². The number of aryl methyl sites for hydroxylation is 1. The van der Waals surface area contributed by atoms with Gasteiger partial charge in [0.25, 0.3) is 5.91 Å². The van der Waals surface area contributed by atoms with E-state index in [4.69, 9.17) is 16.2 Å². The van der Waals surface area contributed by atoms with E-state index in [1.807, 2.05) is 31.2 Å². The van der Waals surface area contributed by atoms with Gasteiger partial charge in [-0.2, -0.15) is 4.99 Å². The Morgan fingerprint density at radius 2 is 1.88 bits per heavy atom. The number of carbonyl (C=O) groups excluding carboxylic acids is 1. The lowest BCUT2D eigenvalue weighted by Gasteiger charge is -2.12. The molecular formula is C19H22N4O2. The summed E-state index contributed by atoms with van der Waals surface area (Å²) in [6, 6.07) is 13.8. The summed E-state index contributed by atoms with van der Waals surface area (Å²) in [6.07, 6.45) is 1.03. The zero-order valence-corrected chi connectivity index (χ0v) is 14.4. The summed E-state index contributed by atoms with van der Waals surface area (Å²) in [5, 5.41) is 2.25. The molecule has 1 unspecified atom stereocenters. The van der Waals surface area contributed by atoms with Crippen molar-refractivity contribution in [1.29, 1.82) is 0 Å². The van der Waals surface area contributed by atoms with E-state index in [9.17, 15) is 4.79 Å². The van der Waals surface area contributed by atoms with E-state index < -0.39 is 5.91 Å². The van der Waals surface area contributed by atoms with Gasteiger partial charge in [0, 0.05) is 41.0 Å². The Hall–Kier alpha value is -2.86. The lowest BCUT2D eigenvalue weighted by Crippen LogP contribution is -2.24. The van der Waals surface area contributed by atoms with E-state index in [2.05, 4.69) is 21.7 Å². The monoisotopic (exact) mass is 338 g/mol. The second-order valence-corrected chi connectivity index (χ2v) is 6.08. The first-order valence-corrected chi connectivity index (χ1v) is 8.19. The van der Waals surface area contributed by atoms with Gasteiger partial charge in [0.15, 0.2) is 5.96 Å². The van der Waals surface area contributed by atoms with Crippen molar-refractivity contribution >= 4 is 33.7 Å². The highest BCUT2D eigenvalue weighted by Gasteiger charge is 2.14. The maximum Gasteiger partial charge on any atom is 0.280 e. The number of ether oxygens (including phenoxy) is 1. The Kier molecular flexibility index (Phi) is 4.72. The first-order chi connectivity index (χ1) is 12.0. The first-order valence-electron chi connectivity index (χ1n) is 8.19. The molecule has 0 fully saturated rings. The number of nitrogens with zero attached hydrogens (tertiary/aromatic N) is 2. The summed E-state index contributed by atoms with van der Waals surface area (Å²) in [5.41, 5.74) is 13.2. The molecule has 3 rings (SSSR count). The van der Waals surface area contributed by atoms with Crippen LogP contribution in [0.1, 0.15) is 23.7 Å². The van der Waals surface area contributed by atoms with Gasteiger partial charge in [-0.1, -0.05) is 24.3 Å². The van der Waals surface area contributed by atoms with Crippen LogP contribution in [-0.4, -0.2) is 29.6 Å². The minimum Gasteiger partial charge on any atom is -0.382 e. The number of hydrogen-bond acceptors (Lipinski definition) is 2. The third-order valence-corrected chi connectivity index (χ3v) is 4.41. The number of methoxy groups -OCH3 is 1. The van der Waals surface area contributed by atoms with E-state index in [-0.39, 0.29) is 12.1 Å². The number of benzene rings is 2. The summed E-state index contributed by atoms with van der Waals surface area (Å²) in [4.78, 5) is 15.8. The third kappa shape index (κ3) is 3.34. The average molecular weight is 338 g/mol. The zero-order chi connectivity index (χ0) is 18.0. The zero-order valence-electron chi connectivity index (χ0n) is 14.4. The molecule has 6 nitrogen and oxygen atoms in total. The van der Waals surface area contributed by atoms with Gasteiger partial charge >= 0.3 is 0 Å². The summed E-state index contributed by atoms with van der Waals surface area (Å²) in [7, 11) is 1.71. The fraction of sp³-hybridized carbons (Fsp3) is 0.263. The summed E-state index contributed by atoms with van der Waals surface area (Å²) >= 11 is 0. The van der Waals surface area contributed by atoms with E-state index in [1.54, 1.807) is 13.2 Å². The topological polar surface area (TPSA) is 95.6 Å². The minimum absolute atomic E-state index is 0.155. The predicted molar refractivity (Wildman–Crippen MR) is 101 cm³/mol. The van der Waals surface area contributed by atoms with Crippen LogP contribution in [-0.2, 0) is 11.3 Å². The van der Waals surface area contributed by atoms with Crippen molar-refractivity contribution in [2.24, 2.45) is 16.5 Å². The van der Waals surface area contributed by atoms with Crippen molar-refractivity contribution in [3.63, 3.8) is 0 Å². The van der Waals surface area contributed by atoms with Crippen molar-refractivity contribution in [1.82, 2.24) is 4.57 Å². The van der Waals surface area contributed by atoms with Gasteiger partial charge in [-0.3, -0.25) is 4.79 Å². The van der Waals surface area contributed by atoms with Gasteiger partial charge < -0.3 is 20.8 Å². The quantitative estimate of drug-likeness (QED) is 0.552. The molecule has 0 aliphatic carbocycles. The lowest BCUT2D eigenvalue weighted by atomic mass is 10.1. The molecule has 0 radical (unpaired) electrons. The Bertz CT molecular complexity index is 955. The van der Waals surface area contributed by atoms with Crippen molar-refractivity contribution < 1.29 is 9.53 Å². The number of amides is 1. The van der Waals surface area contributed by atoms with Gasteiger partial charge in [-0.15, -0.1) is 0 Å². The van der Waals surface area contributed by atoms with Gasteiger partial charge in [0.1, 0.15) is 0 Å². The van der Waals surface area contributed by atoms with E-state index in [1.165, 1.54) is 0 Å². The molecule has 0 spiro atoms. The molecule has 0 aliphatic heterocycles. The highest BCUT2D eigenvalue weighted by molar-refractivity contribution is 6.11. The van der Waals surface area contributed by atoms with Crippen molar-refractivity contribution in [3.05, 3.63) is 48.0 Å². The maximum absolute atomic E-state index is 12.2. The van der Waals surface area contributed by atoms with Crippen LogP contribution in [0.5, 0.6) is 0 Å². The van der Waals surface area contributed by atoms with Gasteiger partial charge in [-0.25, -0.2) is 0 Å². The van der Waals surface area contributed by atoms with Crippen LogP contribution in [0.25, 0.3) is 21.8 Å². The van der Waals surface area contributed by atoms with Crippen LogP contribution in [0.4, 0.5) is 0 Å². The number of para-hydroxylation sites is 1. The summed E-state index contributed by atoms with van der Waals surface area (Å²) in [5.74, 6) is -0.677. The first kappa shape index (κ1) is 17.0. The van der Waals surface area contributed by atoms with Gasteiger partial charge in [0.2, 0.25) is 0 Å². The Morgan fingerprint density at radius 3 is 2.60 bits per heavy atom. The number of guanidine groups is 1. The smallest absolute Gasteiger partial charge is 0.280 e. The molecule has 0 saturated carbocycles. The molecule has 1 heterocycles. The van der Waals surface area contributed by atoms with Gasteiger partial charge in [-0.05, 0) is 31.5 Å². The molecule has 0 saturated heterocycles. The summed E-state index contributed by atoms with van der Waals surface area (Å²) < 4.78 is 7.58. The molecule has 0 aliphatic rings. The Labute approximate surface area is 146 Å². The van der Waals surface area contributed by atoms with Gasteiger partial charge in [0.05, 0.1) is 6.10 Å². The molecule has 1 aromatic heterocycles. The number of hydrogen-bond donors (Lipinski definition) is 2. The van der Waals surface area contributed by atoms with Crippen LogP contribution in [0.15, 0.2) is 47.5 Å². The predicted octanol–water partition coefficient (Wildman–Crippen LogP) is 2.63. The van der Waals surface area contributed by atoms with Crippen LogP contribution in [0.2, 0.25) is 0 Å². The number of aromatic nitrogens is 1. The molecular weight excluding hydrogens is 316 g/mol. The molecule has 6 heteroatoms. The molecule has 1 amide bonds. The molecule has 130 valence electrons. The standard InChI is InChI=1S/C19H22N4O2/c1-12(25-2)9-10-23-16-6-4-3-5-14(16)15-8-7-13(11-17(15)23)18(24)22-19(20)21/h3-8,11-12H,9-10H2,1-2H3,(H4,20,21,22,24). The lowest BCUT2D eigenvalue weighted by molar-refractivity contribution is 0.100. The molecule has 0 bridgehead atoms. The third-order valence-electron chi connectivity index (χ3n) is 4.41. The van der Waals surface area contributed by atoms with Crippen molar-refractivity contribution in [3.8, 4) is 0 Å². The number of aliphatic imine (C=N–C) groups is 1. The second-order valence-electron chi connectivity index (χ2n) is 6.08. The fourth-order valence-corrected chi connectivity index (χ4v) is 3.03. The normalized spacial score (nSPS) is 12.4. The number of carbonyl (C=O) groups is 1. The summed E-state index contributed by atoms with van der Waals surface area (Å²) in [6.45, 7) is 2.83. The molecule has 3 aromatic rings. The molecule has 1 atom stereocenters.